The van der Waals surface area contributed by atoms with Gasteiger partial charge in [0.25, 0.3) is 17.3 Å². The summed E-state index contributed by atoms with van der Waals surface area (Å²) in [7, 11) is 0. The van der Waals surface area contributed by atoms with Crippen LogP contribution in [-0.4, -0.2) is 33.5 Å². The molecule has 0 heterocycles. The van der Waals surface area contributed by atoms with E-state index in [1.165, 1.54) is 6.92 Å². The Labute approximate surface area is 107 Å². The highest BCUT2D eigenvalue weighted by molar-refractivity contribution is 5.95. The van der Waals surface area contributed by atoms with Crippen molar-refractivity contribution in [2.45, 2.75) is 13.0 Å². The minimum absolute atomic E-state index is 0.0602. The van der Waals surface area contributed by atoms with Crippen LogP contribution in [0.15, 0.2) is 18.2 Å². The molecule has 0 radical (unpaired) electrons. The third-order valence-corrected chi connectivity index (χ3v) is 2.14. The Morgan fingerprint density at radius 2 is 1.74 bits per heavy atom. The monoisotopic (exact) mass is 269 g/mol. The van der Waals surface area contributed by atoms with Crippen molar-refractivity contribution in [3.63, 3.8) is 0 Å². The summed E-state index contributed by atoms with van der Waals surface area (Å²) in [5.41, 5.74) is -1.30. The van der Waals surface area contributed by atoms with Crippen molar-refractivity contribution in [1.82, 2.24) is 5.32 Å². The minimum Gasteiger partial charge on any atom is -0.392 e. The molecule has 0 bridgehead atoms. The lowest BCUT2D eigenvalue weighted by atomic mass is 10.1. The van der Waals surface area contributed by atoms with Crippen LogP contribution in [0.1, 0.15) is 17.3 Å². The van der Waals surface area contributed by atoms with E-state index in [2.05, 4.69) is 5.32 Å². The summed E-state index contributed by atoms with van der Waals surface area (Å²) in [6.07, 6.45) is -0.794. The Balaban J connectivity index is 3.09. The Kier molecular flexibility index (Phi) is 4.48. The molecular weight excluding hydrogens is 258 g/mol. The molecule has 1 atom stereocenters. The number of carbonyl (C=O) groups is 1. The molecule has 102 valence electrons. The maximum atomic E-state index is 11.6. The van der Waals surface area contributed by atoms with E-state index < -0.39 is 33.2 Å². The van der Waals surface area contributed by atoms with E-state index in [9.17, 15) is 25.0 Å². The molecule has 1 unspecified atom stereocenters. The first-order valence-electron chi connectivity index (χ1n) is 5.21. The average Bonchev–Trinajstić information content (AvgIpc) is 2.35. The number of benzene rings is 1. The lowest BCUT2D eigenvalue weighted by Crippen LogP contribution is -2.30. The highest BCUT2D eigenvalue weighted by Gasteiger charge is 2.19. The Bertz CT molecular complexity index is 496. The van der Waals surface area contributed by atoms with E-state index in [1.807, 2.05) is 0 Å². The molecule has 1 aromatic carbocycles. The van der Waals surface area contributed by atoms with Crippen molar-refractivity contribution in [3.8, 4) is 0 Å². The van der Waals surface area contributed by atoms with Crippen molar-refractivity contribution >= 4 is 17.3 Å². The smallest absolute Gasteiger partial charge is 0.277 e. The summed E-state index contributed by atoms with van der Waals surface area (Å²) in [6, 6.07) is 2.64. The number of nitrogens with zero attached hydrogens (tertiary/aromatic N) is 2. The van der Waals surface area contributed by atoms with E-state index in [0.29, 0.717) is 0 Å². The highest BCUT2D eigenvalue weighted by atomic mass is 16.6. The van der Waals surface area contributed by atoms with Crippen LogP contribution in [0.3, 0.4) is 0 Å². The normalized spacial score (nSPS) is 11.7. The first-order valence-corrected chi connectivity index (χ1v) is 5.21. The predicted molar refractivity (Wildman–Crippen MR) is 63.8 cm³/mol. The number of aliphatic hydroxyl groups is 1. The fraction of sp³-hybridized carbons (Fsp3) is 0.300. The SMILES string of the molecule is CC(O)CNC(=O)c1cc([N+](=O)[O-])cc([N+](=O)[O-])c1. The third kappa shape index (κ3) is 4.00. The Hall–Kier alpha value is -2.55. The van der Waals surface area contributed by atoms with Gasteiger partial charge in [-0.25, -0.2) is 0 Å². The molecule has 9 nitrogen and oxygen atoms in total. The molecule has 9 heteroatoms. The number of nitrogens with one attached hydrogen (secondary N) is 1. The Morgan fingerprint density at radius 1 is 1.26 bits per heavy atom. The van der Waals surface area contributed by atoms with Crippen LogP contribution in [0.25, 0.3) is 0 Å². The number of rotatable bonds is 5. The second-order valence-corrected chi connectivity index (χ2v) is 3.81. The van der Waals surface area contributed by atoms with Gasteiger partial charge in [0.05, 0.1) is 27.6 Å². The molecule has 0 aliphatic heterocycles. The van der Waals surface area contributed by atoms with Gasteiger partial charge in [-0.05, 0) is 6.92 Å². The van der Waals surface area contributed by atoms with Gasteiger partial charge < -0.3 is 10.4 Å². The summed E-state index contributed by atoms with van der Waals surface area (Å²) in [5, 5.41) is 32.6. The van der Waals surface area contributed by atoms with Crippen LogP contribution in [0, 0.1) is 20.2 Å². The first kappa shape index (κ1) is 14.5. The fourth-order valence-corrected chi connectivity index (χ4v) is 1.28. The minimum atomic E-state index is -0.821. The van der Waals surface area contributed by atoms with E-state index in [1.54, 1.807) is 0 Å². The van der Waals surface area contributed by atoms with E-state index >= 15 is 0 Å². The van der Waals surface area contributed by atoms with Gasteiger partial charge in [-0.1, -0.05) is 0 Å². The highest BCUT2D eigenvalue weighted by Crippen LogP contribution is 2.22. The van der Waals surface area contributed by atoms with Crippen molar-refractivity contribution in [2.24, 2.45) is 0 Å². The lowest BCUT2D eigenvalue weighted by molar-refractivity contribution is -0.394. The molecule has 1 aromatic rings. The van der Waals surface area contributed by atoms with Crippen LogP contribution in [0.2, 0.25) is 0 Å². The summed E-state index contributed by atoms with van der Waals surface area (Å²) < 4.78 is 0. The summed E-state index contributed by atoms with van der Waals surface area (Å²) >= 11 is 0. The van der Waals surface area contributed by atoms with Crippen LogP contribution in [0.5, 0.6) is 0 Å². The summed E-state index contributed by atoms with van der Waals surface area (Å²) in [6.45, 7) is 1.38. The number of hydrogen-bond donors (Lipinski definition) is 2. The van der Waals surface area contributed by atoms with Crippen LogP contribution in [0.4, 0.5) is 11.4 Å². The van der Waals surface area contributed by atoms with Gasteiger partial charge in [0.1, 0.15) is 0 Å². The predicted octanol–water partition coefficient (Wildman–Crippen LogP) is 0.614. The number of non-ortho nitro benzene ring substituents is 2. The van der Waals surface area contributed by atoms with Gasteiger partial charge in [0.2, 0.25) is 0 Å². The Morgan fingerprint density at radius 3 is 2.11 bits per heavy atom. The zero-order chi connectivity index (χ0) is 14.6. The molecule has 0 saturated heterocycles. The van der Waals surface area contributed by atoms with Crippen molar-refractivity contribution in [3.05, 3.63) is 44.0 Å². The van der Waals surface area contributed by atoms with Crippen molar-refractivity contribution in [1.29, 1.82) is 0 Å². The number of aliphatic hydroxyl groups excluding tert-OH is 1. The molecule has 0 aliphatic rings. The van der Waals surface area contributed by atoms with Gasteiger partial charge >= 0.3 is 0 Å². The van der Waals surface area contributed by atoms with Crippen LogP contribution in [-0.2, 0) is 0 Å². The van der Waals surface area contributed by atoms with E-state index in [4.69, 9.17) is 5.11 Å². The van der Waals surface area contributed by atoms with E-state index in [0.717, 1.165) is 18.2 Å². The van der Waals surface area contributed by atoms with Crippen LogP contribution < -0.4 is 5.32 Å². The molecule has 2 N–H and O–H groups in total. The van der Waals surface area contributed by atoms with Gasteiger partial charge in [-0.15, -0.1) is 0 Å². The second kappa shape index (κ2) is 5.87. The average molecular weight is 269 g/mol. The number of nitro benzene ring substituents is 2. The van der Waals surface area contributed by atoms with Gasteiger partial charge in [-0.3, -0.25) is 25.0 Å². The largest absolute Gasteiger partial charge is 0.392 e. The van der Waals surface area contributed by atoms with E-state index in [-0.39, 0.29) is 12.1 Å². The molecular formula is C10H11N3O6. The maximum absolute atomic E-state index is 11.6. The lowest BCUT2D eigenvalue weighted by Gasteiger charge is -2.06. The number of hydrogen-bond acceptors (Lipinski definition) is 6. The third-order valence-electron chi connectivity index (χ3n) is 2.14. The number of amides is 1. The molecule has 0 saturated carbocycles. The second-order valence-electron chi connectivity index (χ2n) is 3.81. The molecule has 1 amide bonds. The van der Waals surface area contributed by atoms with Gasteiger partial charge in [-0.2, -0.15) is 0 Å². The fourth-order valence-electron chi connectivity index (χ4n) is 1.28. The van der Waals surface area contributed by atoms with Gasteiger partial charge in [0, 0.05) is 18.7 Å². The van der Waals surface area contributed by atoms with Crippen molar-refractivity contribution in [2.75, 3.05) is 6.54 Å². The zero-order valence-corrected chi connectivity index (χ0v) is 9.90. The molecule has 19 heavy (non-hydrogen) atoms. The van der Waals surface area contributed by atoms with Gasteiger partial charge in [0.15, 0.2) is 0 Å². The molecule has 1 rings (SSSR count). The molecule has 0 fully saturated rings. The van der Waals surface area contributed by atoms with Crippen molar-refractivity contribution < 1.29 is 19.7 Å². The molecule has 0 spiro atoms. The molecule has 0 aliphatic carbocycles. The van der Waals surface area contributed by atoms with Crippen LogP contribution >= 0.6 is 0 Å². The number of carbonyl (C=O) groups excluding carboxylic acids is 1. The maximum Gasteiger partial charge on any atom is 0.277 e. The first-order chi connectivity index (χ1) is 8.81. The topological polar surface area (TPSA) is 136 Å². The quantitative estimate of drug-likeness (QED) is 0.593. The summed E-state index contributed by atoms with van der Waals surface area (Å²) in [4.78, 5) is 31.2. The molecule has 0 aromatic heterocycles. The number of nitro groups is 2. The zero-order valence-electron chi connectivity index (χ0n) is 9.90. The summed E-state index contributed by atoms with van der Waals surface area (Å²) in [5.74, 6) is -0.729. The standard InChI is InChI=1S/C10H11N3O6/c1-6(14)5-11-10(15)7-2-8(12(16)17)4-9(3-7)13(18)19/h2-4,6,14H,5H2,1H3,(H,11,15).